The van der Waals surface area contributed by atoms with Crippen LogP contribution in [0.5, 0.6) is 11.5 Å². The predicted octanol–water partition coefficient (Wildman–Crippen LogP) is 4.47. The van der Waals surface area contributed by atoms with Crippen molar-refractivity contribution in [3.63, 3.8) is 0 Å². The molecular formula is C26H27N3O5S. The number of imide groups is 1. The Morgan fingerprint density at radius 1 is 1.11 bits per heavy atom. The number of nitrogens with zero attached hydrogens (tertiary/aromatic N) is 1. The van der Waals surface area contributed by atoms with Crippen LogP contribution in [0.15, 0.2) is 42.5 Å². The highest BCUT2D eigenvalue weighted by Crippen LogP contribution is 2.37. The SMILES string of the molecule is CCC1(c2ccc(NC(=O)c3sc(-c4ccc(OC)c(OC)c4)nc3C)cc2)CCC(=O)NC1=O. The molecule has 0 saturated carbocycles. The van der Waals surface area contributed by atoms with E-state index in [9.17, 15) is 14.4 Å². The zero-order valence-corrected chi connectivity index (χ0v) is 20.9. The van der Waals surface area contributed by atoms with Gasteiger partial charge in [-0.25, -0.2) is 4.98 Å². The molecule has 3 amide bonds. The zero-order chi connectivity index (χ0) is 25.2. The molecule has 1 aliphatic rings. The standard InChI is InChI=1S/C26H27N3O5S/c1-5-26(13-12-21(30)29-25(26)32)17-7-9-18(10-8-17)28-23(31)22-15(2)27-24(35-22)16-6-11-19(33-3)20(14-16)34-4/h6-11,14H,5,12-13H2,1-4H3,(H,28,31)(H,29,30,32). The van der Waals surface area contributed by atoms with Gasteiger partial charge in [-0.1, -0.05) is 19.1 Å². The highest BCUT2D eigenvalue weighted by molar-refractivity contribution is 7.17. The summed E-state index contributed by atoms with van der Waals surface area (Å²) in [4.78, 5) is 42.3. The lowest BCUT2D eigenvalue weighted by Crippen LogP contribution is -2.51. The molecule has 9 heteroatoms. The Morgan fingerprint density at radius 3 is 2.46 bits per heavy atom. The topological polar surface area (TPSA) is 107 Å². The summed E-state index contributed by atoms with van der Waals surface area (Å²) in [6.45, 7) is 3.74. The second-order valence-corrected chi connectivity index (χ2v) is 9.35. The Morgan fingerprint density at radius 2 is 1.83 bits per heavy atom. The fourth-order valence-electron chi connectivity index (χ4n) is 4.33. The second kappa shape index (κ2) is 9.87. The predicted molar refractivity (Wildman–Crippen MR) is 134 cm³/mol. The first-order valence-electron chi connectivity index (χ1n) is 11.3. The number of thiazole rings is 1. The molecule has 2 aromatic carbocycles. The lowest BCUT2D eigenvalue weighted by atomic mass is 9.72. The number of nitrogens with one attached hydrogen (secondary N) is 2. The number of rotatable bonds is 7. The van der Waals surface area contributed by atoms with Gasteiger partial charge < -0.3 is 14.8 Å². The van der Waals surface area contributed by atoms with E-state index < -0.39 is 5.41 Å². The van der Waals surface area contributed by atoms with E-state index in [1.807, 2.05) is 31.2 Å². The van der Waals surface area contributed by atoms with Crippen LogP contribution in [0.2, 0.25) is 0 Å². The highest BCUT2D eigenvalue weighted by atomic mass is 32.1. The minimum atomic E-state index is -0.737. The van der Waals surface area contributed by atoms with Crippen LogP contribution in [0.3, 0.4) is 0 Å². The largest absolute Gasteiger partial charge is 0.493 e. The van der Waals surface area contributed by atoms with Crippen LogP contribution in [0, 0.1) is 6.92 Å². The van der Waals surface area contributed by atoms with Gasteiger partial charge in [0.05, 0.1) is 25.3 Å². The molecule has 2 N–H and O–H groups in total. The molecule has 1 unspecified atom stereocenters. The number of anilines is 1. The maximum absolute atomic E-state index is 13.0. The van der Waals surface area contributed by atoms with Crippen molar-refractivity contribution >= 4 is 34.7 Å². The fourth-order valence-corrected chi connectivity index (χ4v) is 5.28. The molecule has 8 nitrogen and oxygen atoms in total. The van der Waals surface area contributed by atoms with E-state index in [0.717, 1.165) is 11.1 Å². The van der Waals surface area contributed by atoms with Crippen molar-refractivity contribution in [2.75, 3.05) is 19.5 Å². The Kier molecular flexibility index (Phi) is 6.88. The van der Waals surface area contributed by atoms with Gasteiger partial charge >= 0.3 is 0 Å². The van der Waals surface area contributed by atoms with Crippen molar-refractivity contribution in [3.05, 3.63) is 58.6 Å². The van der Waals surface area contributed by atoms with Gasteiger partial charge in [0.25, 0.3) is 5.91 Å². The van der Waals surface area contributed by atoms with Gasteiger partial charge in [-0.3, -0.25) is 19.7 Å². The maximum atomic E-state index is 13.0. The van der Waals surface area contributed by atoms with Crippen molar-refractivity contribution in [1.29, 1.82) is 0 Å². The molecule has 0 radical (unpaired) electrons. The van der Waals surface area contributed by atoms with Crippen molar-refractivity contribution in [2.45, 2.75) is 38.5 Å². The van der Waals surface area contributed by atoms with Gasteiger partial charge in [-0.15, -0.1) is 11.3 Å². The van der Waals surface area contributed by atoms with Crippen LogP contribution in [0.25, 0.3) is 10.6 Å². The van der Waals surface area contributed by atoms with E-state index in [1.54, 1.807) is 39.3 Å². The van der Waals surface area contributed by atoms with Crippen LogP contribution < -0.4 is 20.1 Å². The number of hydrogen-bond donors (Lipinski definition) is 2. The van der Waals surface area contributed by atoms with Crippen LogP contribution in [0.4, 0.5) is 5.69 Å². The molecule has 3 aromatic rings. The summed E-state index contributed by atoms with van der Waals surface area (Å²) in [5, 5.41) is 6.07. The third-order valence-corrected chi connectivity index (χ3v) is 7.60. The molecule has 1 atom stereocenters. The molecule has 1 aliphatic heterocycles. The summed E-state index contributed by atoms with van der Waals surface area (Å²) in [6, 6.07) is 12.7. The first kappa shape index (κ1) is 24.4. The quantitative estimate of drug-likeness (QED) is 0.470. The number of aromatic nitrogens is 1. The molecule has 4 rings (SSSR count). The minimum absolute atomic E-state index is 0.240. The molecule has 0 bridgehead atoms. The lowest BCUT2D eigenvalue weighted by Gasteiger charge is -2.35. The van der Waals surface area contributed by atoms with E-state index in [1.165, 1.54) is 11.3 Å². The fraction of sp³-hybridized carbons (Fsp3) is 0.308. The number of benzene rings is 2. The Bertz CT molecular complexity index is 1280. The van der Waals surface area contributed by atoms with Gasteiger partial charge in [-0.05, 0) is 55.7 Å². The lowest BCUT2D eigenvalue weighted by molar-refractivity contribution is -0.138. The van der Waals surface area contributed by atoms with Crippen LogP contribution >= 0.6 is 11.3 Å². The van der Waals surface area contributed by atoms with Gasteiger partial charge in [0.1, 0.15) is 9.88 Å². The number of ether oxygens (including phenoxy) is 2. The number of carbonyl (C=O) groups excluding carboxylic acids is 3. The number of hydrogen-bond acceptors (Lipinski definition) is 7. The minimum Gasteiger partial charge on any atom is -0.493 e. The average Bonchev–Trinajstić information content (AvgIpc) is 3.26. The number of aryl methyl sites for hydroxylation is 1. The van der Waals surface area contributed by atoms with Gasteiger partial charge in [0.15, 0.2) is 11.5 Å². The van der Waals surface area contributed by atoms with E-state index >= 15 is 0 Å². The maximum Gasteiger partial charge on any atom is 0.267 e. The molecule has 0 spiro atoms. The summed E-state index contributed by atoms with van der Waals surface area (Å²) >= 11 is 1.30. The summed E-state index contributed by atoms with van der Waals surface area (Å²) in [7, 11) is 3.15. The monoisotopic (exact) mass is 493 g/mol. The number of amides is 3. The second-order valence-electron chi connectivity index (χ2n) is 8.35. The van der Waals surface area contributed by atoms with E-state index in [2.05, 4.69) is 15.6 Å². The molecule has 0 aliphatic carbocycles. The van der Waals surface area contributed by atoms with Crippen molar-refractivity contribution in [1.82, 2.24) is 10.3 Å². The van der Waals surface area contributed by atoms with Crippen molar-refractivity contribution in [2.24, 2.45) is 0 Å². The van der Waals surface area contributed by atoms with Crippen LogP contribution in [-0.4, -0.2) is 36.9 Å². The van der Waals surface area contributed by atoms with E-state index in [0.29, 0.717) is 52.0 Å². The number of methoxy groups -OCH3 is 2. The molecule has 1 aromatic heterocycles. The van der Waals surface area contributed by atoms with Gasteiger partial charge in [0.2, 0.25) is 11.8 Å². The Labute approximate surface area is 207 Å². The van der Waals surface area contributed by atoms with E-state index in [4.69, 9.17) is 9.47 Å². The molecular weight excluding hydrogens is 466 g/mol. The summed E-state index contributed by atoms with van der Waals surface area (Å²) in [6.07, 6.45) is 1.36. The molecule has 182 valence electrons. The smallest absolute Gasteiger partial charge is 0.267 e. The van der Waals surface area contributed by atoms with E-state index in [-0.39, 0.29) is 17.7 Å². The summed E-state index contributed by atoms with van der Waals surface area (Å²) in [5.41, 5.74) is 2.15. The molecule has 1 saturated heterocycles. The van der Waals surface area contributed by atoms with Crippen LogP contribution in [-0.2, 0) is 15.0 Å². The van der Waals surface area contributed by atoms with Gasteiger partial charge in [0, 0.05) is 17.7 Å². The first-order valence-corrected chi connectivity index (χ1v) is 12.1. The Hall–Kier alpha value is -3.72. The number of piperidine rings is 1. The third-order valence-electron chi connectivity index (χ3n) is 6.40. The third kappa shape index (κ3) is 4.64. The summed E-state index contributed by atoms with van der Waals surface area (Å²) in [5.74, 6) is 0.440. The first-order chi connectivity index (χ1) is 16.8. The van der Waals surface area contributed by atoms with Crippen LogP contribution in [0.1, 0.15) is 47.1 Å². The Balaban J connectivity index is 1.52. The molecule has 35 heavy (non-hydrogen) atoms. The number of carbonyl (C=O) groups is 3. The van der Waals surface area contributed by atoms with Crippen molar-refractivity contribution in [3.8, 4) is 22.1 Å². The highest BCUT2D eigenvalue weighted by Gasteiger charge is 2.42. The normalized spacial score (nSPS) is 17.6. The summed E-state index contributed by atoms with van der Waals surface area (Å²) < 4.78 is 10.7. The van der Waals surface area contributed by atoms with Gasteiger partial charge in [-0.2, -0.15) is 0 Å². The van der Waals surface area contributed by atoms with Crippen molar-refractivity contribution < 1.29 is 23.9 Å². The molecule has 1 fully saturated rings. The molecule has 2 heterocycles. The average molecular weight is 494 g/mol. The zero-order valence-electron chi connectivity index (χ0n) is 20.1.